The maximum absolute atomic E-state index is 11.9. The third-order valence-corrected chi connectivity index (χ3v) is 3.65. The Bertz CT molecular complexity index is 401. The highest BCUT2D eigenvalue weighted by atomic mass is 35.5. The number of nitrogens with zero attached hydrogens (tertiary/aromatic N) is 1. The van der Waals surface area contributed by atoms with Gasteiger partial charge in [0.2, 0.25) is 5.85 Å². The molecule has 4 N–H and O–H groups in total. The summed E-state index contributed by atoms with van der Waals surface area (Å²) in [6, 6.07) is 0. The van der Waals surface area contributed by atoms with Gasteiger partial charge in [0.1, 0.15) is 0 Å². The van der Waals surface area contributed by atoms with Crippen LogP contribution in [0.15, 0.2) is 0 Å². The quantitative estimate of drug-likeness (QED) is 0.321. The zero-order chi connectivity index (χ0) is 19.3. The second kappa shape index (κ2) is 17.2. The maximum atomic E-state index is 11.9. The lowest BCUT2D eigenvalue weighted by Crippen LogP contribution is -2.61. The van der Waals surface area contributed by atoms with Crippen LogP contribution < -0.4 is 16.4 Å². The molecule has 10 heteroatoms. The normalized spacial score (nSPS) is 13.4. The third kappa shape index (κ3) is 13.8. The summed E-state index contributed by atoms with van der Waals surface area (Å²) in [5.41, 5.74) is 6.18. The lowest BCUT2D eigenvalue weighted by Gasteiger charge is -2.39. The zero-order valence-corrected chi connectivity index (χ0v) is 18.8. The molecule has 164 valence electrons. The van der Waals surface area contributed by atoms with Crippen molar-refractivity contribution in [3.8, 4) is 0 Å². The van der Waals surface area contributed by atoms with Gasteiger partial charge < -0.3 is 20.1 Å². The van der Waals surface area contributed by atoms with E-state index in [9.17, 15) is 9.59 Å². The fraction of sp³-hybridized carbons (Fsp3) is 0.882. The van der Waals surface area contributed by atoms with Crippen molar-refractivity contribution in [3.05, 3.63) is 0 Å². The number of nitrogens with one attached hydrogen (secondary N) is 2. The predicted octanol–water partition coefficient (Wildman–Crippen LogP) is 3.57. The standard InChI is InChI=1S/C17H36N4O4.2ClH/c1-6-9-11-19-15(22)24-14(4)21(13-8-3)17(5,18)25-16(23)20-12-10-7-2;;/h14H,6-13,18H2,1-5H3,(H,19,22)(H,20,23);2*1H. The minimum atomic E-state index is -1.39. The van der Waals surface area contributed by atoms with Gasteiger partial charge in [-0.3, -0.25) is 5.73 Å². The van der Waals surface area contributed by atoms with Crippen molar-refractivity contribution >= 4 is 37.0 Å². The van der Waals surface area contributed by atoms with E-state index >= 15 is 0 Å². The van der Waals surface area contributed by atoms with Crippen LogP contribution >= 0.6 is 24.8 Å². The van der Waals surface area contributed by atoms with E-state index < -0.39 is 24.3 Å². The van der Waals surface area contributed by atoms with Gasteiger partial charge in [-0.05, 0) is 26.2 Å². The first-order chi connectivity index (χ1) is 11.8. The minimum Gasteiger partial charge on any atom is -0.430 e. The Morgan fingerprint density at radius 2 is 1.48 bits per heavy atom. The lowest BCUT2D eigenvalue weighted by molar-refractivity contribution is -0.158. The Morgan fingerprint density at radius 1 is 1.00 bits per heavy atom. The fourth-order valence-electron chi connectivity index (χ4n) is 2.28. The van der Waals surface area contributed by atoms with Crippen molar-refractivity contribution in [1.29, 1.82) is 0 Å². The third-order valence-electron chi connectivity index (χ3n) is 3.65. The van der Waals surface area contributed by atoms with Crippen molar-refractivity contribution in [1.82, 2.24) is 15.5 Å². The van der Waals surface area contributed by atoms with Gasteiger partial charge in [-0.15, -0.1) is 24.8 Å². The van der Waals surface area contributed by atoms with Crippen LogP contribution in [0.4, 0.5) is 9.59 Å². The molecule has 0 aromatic rings. The summed E-state index contributed by atoms with van der Waals surface area (Å²) in [5.74, 6) is -1.39. The summed E-state index contributed by atoms with van der Waals surface area (Å²) in [7, 11) is 0. The van der Waals surface area contributed by atoms with Gasteiger partial charge in [-0.1, -0.05) is 33.6 Å². The number of carbonyl (C=O) groups is 2. The predicted molar refractivity (Wildman–Crippen MR) is 112 cm³/mol. The number of halogens is 2. The molecule has 0 aliphatic heterocycles. The molecular weight excluding hydrogens is 395 g/mol. The topological polar surface area (TPSA) is 106 Å². The van der Waals surface area contributed by atoms with Gasteiger partial charge in [0.05, 0.1) is 0 Å². The number of alkyl carbamates (subject to hydrolysis) is 2. The Hall–Kier alpha value is -0.960. The molecule has 0 radical (unpaired) electrons. The monoisotopic (exact) mass is 432 g/mol. The average Bonchev–Trinajstić information content (AvgIpc) is 2.52. The van der Waals surface area contributed by atoms with Crippen LogP contribution in [0.25, 0.3) is 0 Å². The molecule has 0 heterocycles. The number of amides is 2. The molecule has 0 aliphatic rings. The Labute approximate surface area is 176 Å². The number of hydrogen-bond donors (Lipinski definition) is 3. The Kier molecular flexibility index (Phi) is 19.5. The second-order valence-corrected chi connectivity index (χ2v) is 6.20. The largest absolute Gasteiger partial charge is 0.430 e. The molecule has 0 aromatic carbocycles. The highest BCUT2D eigenvalue weighted by Crippen LogP contribution is 2.16. The molecule has 2 amide bonds. The summed E-state index contributed by atoms with van der Waals surface area (Å²) in [4.78, 5) is 25.4. The van der Waals surface area contributed by atoms with Gasteiger partial charge in [-0.2, -0.15) is 0 Å². The molecule has 2 atom stereocenters. The van der Waals surface area contributed by atoms with Crippen LogP contribution in [0.1, 0.15) is 66.7 Å². The molecule has 0 saturated carbocycles. The fourth-order valence-corrected chi connectivity index (χ4v) is 2.28. The van der Waals surface area contributed by atoms with Gasteiger partial charge in [0, 0.05) is 26.6 Å². The molecule has 0 rings (SSSR count). The highest BCUT2D eigenvalue weighted by Gasteiger charge is 2.36. The van der Waals surface area contributed by atoms with E-state index in [4.69, 9.17) is 15.2 Å². The van der Waals surface area contributed by atoms with Crippen molar-refractivity contribution in [2.24, 2.45) is 5.73 Å². The first-order valence-corrected chi connectivity index (χ1v) is 9.25. The van der Waals surface area contributed by atoms with Crippen molar-refractivity contribution in [3.63, 3.8) is 0 Å². The van der Waals surface area contributed by atoms with Crippen LogP contribution in [0.3, 0.4) is 0 Å². The van der Waals surface area contributed by atoms with E-state index in [1.165, 1.54) is 0 Å². The SMILES string of the molecule is CCCCNC(=O)OC(C)N(CCC)C(C)(N)OC(=O)NCCCC.Cl.Cl. The lowest BCUT2D eigenvalue weighted by atomic mass is 10.3. The van der Waals surface area contributed by atoms with E-state index in [0.29, 0.717) is 19.6 Å². The minimum absolute atomic E-state index is 0. The van der Waals surface area contributed by atoms with E-state index in [1.54, 1.807) is 18.7 Å². The van der Waals surface area contributed by atoms with E-state index in [1.807, 2.05) is 20.8 Å². The van der Waals surface area contributed by atoms with E-state index in [2.05, 4.69) is 10.6 Å². The van der Waals surface area contributed by atoms with Crippen LogP contribution in [0.2, 0.25) is 0 Å². The van der Waals surface area contributed by atoms with Gasteiger partial charge >= 0.3 is 12.2 Å². The Morgan fingerprint density at radius 3 is 1.93 bits per heavy atom. The summed E-state index contributed by atoms with van der Waals surface area (Å²) >= 11 is 0. The van der Waals surface area contributed by atoms with Crippen LogP contribution in [0.5, 0.6) is 0 Å². The van der Waals surface area contributed by atoms with Crippen LogP contribution in [-0.4, -0.2) is 48.8 Å². The molecule has 27 heavy (non-hydrogen) atoms. The average molecular weight is 433 g/mol. The molecule has 8 nitrogen and oxygen atoms in total. The van der Waals surface area contributed by atoms with E-state index in [-0.39, 0.29) is 24.8 Å². The van der Waals surface area contributed by atoms with Crippen molar-refractivity contribution in [2.75, 3.05) is 19.6 Å². The number of rotatable bonds is 12. The molecule has 0 bridgehead atoms. The van der Waals surface area contributed by atoms with E-state index in [0.717, 1.165) is 32.1 Å². The zero-order valence-electron chi connectivity index (χ0n) is 17.2. The number of unbranched alkanes of at least 4 members (excludes halogenated alkanes) is 2. The summed E-state index contributed by atoms with van der Waals surface area (Å²) in [6.07, 6.45) is 2.74. The summed E-state index contributed by atoms with van der Waals surface area (Å²) in [6.45, 7) is 10.9. The number of hydrogen-bond acceptors (Lipinski definition) is 6. The first kappa shape index (κ1) is 30.8. The molecule has 0 saturated heterocycles. The van der Waals surface area contributed by atoms with Crippen molar-refractivity contribution < 1.29 is 19.1 Å². The molecule has 0 aliphatic carbocycles. The Balaban J connectivity index is -0.00000288. The molecule has 0 aromatic heterocycles. The molecule has 0 spiro atoms. The molecule has 2 unspecified atom stereocenters. The number of nitrogens with two attached hydrogens (primary N) is 1. The highest BCUT2D eigenvalue weighted by molar-refractivity contribution is 5.85. The van der Waals surface area contributed by atoms with Gasteiger partial charge in [-0.25, -0.2) is 14.5 Å². The van der Waals surface area contributed by atoms with Gasteiger partial charge in [0.15, 0.2) is 6.23 Å². The van der Waals surface area contributed by atoms with Crippen LogP contribution in [-0.2, 0) is 9.47 Å². The number of ether oxygens (including phenoxy) is 2. The maximum Gasteiger partial charge on any atom is 0.409 e. The molecule has 0 fully saturated rings. The second-order valence-electron chi connectivity index (χ2n) is 6.20. The van der Waals surface area contributed by atoms with Gasteiger partial charge in [0.25, 0.3) is 0 Å². The smallest absolute Gasteiger partial charge is 0.409 e. The number of carbonyl (C=O) groups excluding carboxylic acids is 2. The summed E-state index contributed by atoms with van der Waals surface area (Å²) in [5, 5.41) is 5.35. The molecular formula is C17H38Cl2N4O4. The summed E-state index contributed by atoms with van der Waals surface area (Å²) < 4.78 is 10.7. The van der Waals surface area contributed by atoms with Crippen molar-refractivity contribution in [2.45, 2.75) is 78.8 Å². The first-order valence-electron chi connectivity index (χ1n) is 9.25. The van der Waals surface area contributed by atoms with Crippen LogP contribution in [0, 0.1) is 0 Å².